The van der Waals surface area contributed by atoms with Crippen LogP contribution in [-0.4, -0.2) is 10.2 Å². The largest absolute Gasteiger partial charge is 0.506 e. The minimum atomic E-state index is 0.133. The maximum absolute atomic E-state index is 9.08. The van der Waals surface area contributed by atoms with Crippen molar-refractivity contribution in [2.24, 2.45) is 0 Å². The van der Waals surface area contributed by atoms with Crippen molar-refractivity contribution in [3.63, 3.8) is 0 Å². The van der Waals surface area contributed by atoms with Gasteiger partial charge in [0.2, 0.25) is 0 Å². The molecule has 17 heavy (non-hydrogen) atoms. The molecule has 2 rings (SSSR count). The zero-order valence-electron chi connectivity index (χ0n) is 9.39. The van der Waals surface area contributed by atoms with Gasteiger partial charge < -0.3 is 15.9 Å². The molecule has 0 aliphatic rings. The van der Waals surface area contributed by atoms with Gasteiger partial charge in [0.25, 0.3) is 0 Å². The van der Waals surface area contributed by atoms with Gasteiger partial charge in [0.15, 0.2) is 0 Å². The van der Waals surface area contributed by atoms with E-state index in [2.05, 4.69) is 0 Å². The highest BCUT2D eigenvalue weighted by Crippen LogP contribution is 2.22. The first-order valence-corrected chi connectivity index (χ1v) is 5.37. The first-order chi connectivity index (χ1) is 8.02. The van der Waals surface area contributed by atoms with Gasteiger partial charge >= 0.3 is 0 Å². The topological polar surface area (TPSA) is 66.5 Å². The summed E-state index contributed by atoms with van der Waals surface area (Å²) in [5.41, 5.74) is 6.63. The number of rotatable bonds is 0. The van der Waals surface area contributed by atoms with Crippen LogP contribution in [0.1, 0.15) is 5.56 Å². The fraction of sp³-hybridized carbons (Fsp3) is 0.0769. The molecule has 0 fully saturated rings. The van der Waals surface area contributed by atoms with E-state index >= 15 is 0 Å². The van der Waals surface area contributed by atoms with Gasteiger partial charge in [0.05, 0.1) is 10.7 Å². The lowest BCUT2D eigenvalue weighted by molar-refractivity contribution is 0.473. The molecule has 0 atom stereocenters. The Morgan fingerprint density at radius 2 is 1.65 bits per heavy atom. The maximum Gasteiger partial charge on any atom is 0.141 e. The molecule has 0 aliphatic carbocycles. The lowest BCUT2D eigenvalue weighted by atomic mass is 10.2. The Morgan fingerprint density at radius 1 is 1.00 bits per heavy atom. The number of aromatic hydroxyl groups is 2. The third-order valence-corrected chi connectivity index (χ3v) is 2.44. The van der Waals surface area contributed by atoms with Gasteiger partial charge in [-0.15, -0.1) is 0 Å². The van der Waals surface area contributed by atoms with Gasteiger partial charge in [-0.25, -0.2) is 0 Å². The minimum absolute atomic E-state index is 0.133. The highest BCUT2D eigenvalue weighted by Gasteiger charge is 1.96. The van der Waals surface area contributed by atoms with Gasteiger partial charge in [-0.05, 0) is 30.7 Å². The standard InChI is InChI=1S/C7H9NO.C6H5ClO/c1-5-3-2-4-6(8)7(5)9;7-5-3-1-2-4-6(5)8/h2-4,9H,8H2,1H3;1-4,8H. The van der Waals surface area contributed by atoms with Crippen molar-refractivity contribution in [3.8, 4) is 11.5 Å². The summed E-state index contributed by atoms with van der Waals surface area (Å²) < 4.78 is 0. The van der Waals surface area contributed by atoms with Crippen molar-refractivity contribution >= 4 is 17.3 Å². The van der Waals surface area contributed by atoms with Gasteiger partial charge in [-0.2, -0.15) is 0 Å². The van der Waals surface area contributed by atoms with Gasteiger partial charge in [-0.3, -0.25) is 0 Å². The van der Waals surface area contributed by atoms with Gasteiger partial charge in [0, 0.05) is 0 Å². The van der Waals surface area contributed by atoms with E-state index in [1.54, 1.807) is 30.3 Å². The number of hydrogen-bond acceptors (Lipinski definition) is 3. The van der Waals surface area contributed by atoms with Crippen LogP contribution in [0.3, 0.4) is 0 Å². The Morgan fingerprint density at radius 3 is 2.06 bits per heavy atom. The summed E-state index contributed by atoms with van der Waals surface area (Å²) in [6.45, 7) is 1.81. The molecule has 90 valence electrons. The smallest absolute Gasteiger partial charge is 0.141 e. The number of nitrogen functional groups attached to an aromatic ring is 1. The van der Waals surface area contributed by atoms with E-state index in [0.29, 0.717) is 10.7 Å². The number of phenols is 2. The summed E-state index contributed by atoms with van der Waals surface area (Å²) in [7, 11) is 0. The number of halogens is 1. The second-order valence-electron chi connectivity index (χ2n) is 3.46. The van der Waals surface area contributed by atoms with Crippen LogP contribution in [0.2, 0.25) is 5.02 Å². The number of nitrogens with two attached hydrogens (primary N) is 1. The molecule has 0 unspecified atom stereocenters. The summed E-state index contributed by atoms with van der Waals surface area (Å²) in [6, 6.07) is 12.0. The van der Waals surface area contributed by atoms with E-state index in [0.717, 1.165) is 5.56 Å². The molecule has 3 nitrogen and oxygen atoms in total. The van der Waals surface area contributed by atoms with Crippen LogP contribution in [0.5, 0.6) is 11.5 Å². The van der Waals surface area contributed by atoms with E-state index in [1.165, 1.54) is 0 Å². The van der Waals surface area contributed by atoms with Crippen molar-refractivity contribution in [1.29, 1.82) is 0 Å². The van der Waals surface area contributed by atoms with Crippen molar-refractivity contribution in [1.82, 2.24) is 0 Å². The highest BCUT2D eigenvalue weighted by atomic mass is 35.5. The third kappa shape index (κ3) is 3.89. The fourth-order valence-corrected chi connectivity index (χ4v) is 1.27. The van der Waals surface area contributed by atoms with Crippen LogP contribution in [0.15, 0.2) is 42.5 Å². The Bertz CT molecular complexity index is 459. The van der Waals surface area contributed by atoms with Crippen LogP contribution in [0, 0.1) is 6.92 Å². The predicted molar refractivity (Wildman–Crippen MR) is 70.4 cm³/mol. The summed E-state index contributed by atoms with van der Waals surface area (Å²) >= 11 is 5.46. The number of phenolic OH excluding ortho intramolecular Hbond substituents is 2. The molecule has 0 aliphatic heterocycles. The third-order valence-electron chi connectivity index (χ3n) is 2.12. The average molecular weight is 252 g/mol. The quantitative estimate of drug-likeness (QED) is 0.497. The number of para-hydroxylation sites is 2. The first-order valence-electron chi connectivity index (χ1n) is 5.00. The summed E-state index contributed by atoms with van der Waals surface area (Å²) in [6.07, 6.45) is 0. The molecule has 0 bridgehead atoms. The lowest BCUT2D eigenvalue weighted by Crippen LogP contribution is -1.85. The van der Waals surface area contributed by atoms with Crippen LogP contribution in [0.4, 0.5) is 5.69 Å². The number of hydrogen-bond donors (Lipinski definition) is 3. The molecule has 0 heterocycles. The second-order valence-corrected chi connectivity index (χ2v) is 3.87. The van der Waals surface area contributed by atoms with E-state index in [-0.39, 0.29) is 11.5 Å². The monoisotopic (exact) mass is 251 g/mol. The Labute approximate surface area is 105 Å². The molecule has 0 saturated carbocycles. The number of anilines is 1. The number of aryl methyl sites for hydroxylation is 1. The molecular formula is C13H14ClNO2. The predicted octanol–water partition coefficient (Wildman–Crippen LogP) is 3.33. The van der Waals surface area contributed by atoms with Crippen molar-refractivity contribution in [2.75, 3.05) is 5.73 Å². The van der Waals surface area contributed by atoms with E-state index in [9.17, 15) is 0 Å². The van der Waals surface area contributed by atoms with Crippen LogP contribution >= 0.6 is 11.6 Å². The molecule has 0 radical (unpaired) electrons. The molecule has 0 amide bonds. The maximum atomic E-state index is 9.08. The fourth-order valence-electron chi connectivity index (χ4n) is 1.13. The zero-order valence-corrected chi connectivity index (χ0v) is 10.1. The van der Waals surface area contributed by atoms with Crippen LogP contribution < -0.4 is 5.73 Å². The molecule has 0 saturated heterocycles. The van der Waals surface area contributed by atoms with Crippen molar-refractivity contribution < 1.29 is 10.2 Å². The zero-order chi connectivity index (χ0) is 12.8. The van der Waals surface area contributed by atoms with Gasteiger partial charge in [0.1, 0.15) is 11.5 Å². The summed E-state index contributed by atoms with van der Waals surface area (Å²) in [4.78, 5) is 0. The Hall–Kier alpha value is -1.87. The van der Waals surface area contributed by atoms with E-state index in [4.69, 9.17) is 27.5 Å². The minimum Gasteiger partial charge on any atom is -0.506 e. The SMILES string of the molecule is Cc1cccc(N)c1O.Oc1ccccc1Cl. The van der Waals surface area contributed by atoms with Crippen molar-refractivity contribution in [2.45, 2.75) is 6.92 Å². The molecule has 4 heteroatoms. The Kier molecular flexibility index (Phi) is 4.67. The van der Waals surface area contributed by atoms with E-state index in [1.807, 2.05) is 19.1 Å². The normalized spacial score (nSPS) is 9.29. The van der Waals surface area contributed by atoms with E-state index < -0.39 is 0 Å². The molecule has 2 aromatic rings. The molecular weight excluding hydrogens is 238 g/mol. The van der Waals surface area contributed by atoms with Crippen molar-refractivity contribution in [3.05, 3.63) is 53.1 Å². The summed E-state index contributed by atoms with van der Waals surface area (Å²) in [5, 5.41) is 18.3. The second kappa shape index (κ2) is 6.01. The molecule has 0 spiro atoms. The lowest BCUT2D eigenvalue weighted by Gasteiger charge is -1.99. The highest BCUT2D eigenvalue weighted by molar-refractivity contribution is 6.31. The average Bonchev–Trinajstić information content (AvgIpc) is 2.31. The number of benzene rings is 2. The molecule has 2 aromatic carbocycles. The Balaban J connectivity index is 0.000000171. The van der Waals surface area contributed by atoms with Crippen LogP contribution in [-0.2, 0) is 0 Å². The van der Waals surface area contributed by atoms with Gasteiger partial charge in [-0.1, -0.05) is 35.9 Å². The first kappa shape index (κ1) is 13.2. The molecule has 0 aromatic heterocycles. The molecule has 4 N–H and O–H groups in total. The summed E-state index contributed by atoms with van der Waals surface area (Å²) in [5.74, 6) is 0.326. The van der Waals surface area contributed by atoms with Crippen LogP contribution in [0.25, 0.3) is 0 Å².